The van der Waals surface area contributed by atoms with Crippen molar-refractivity contribution in [2.24, 2.45) is 5.41 Å². The number of rotatable bonds is 4. The Morgan fingerprint density at radius 3 is 2.88 bits per heavy atom. The van der Waals surface area contributed by atoms with Gasteiger partial charge >= 0.3 is 0 Å². The Balaban J connectivity index is 1.44. The van der Waals surface area contributed by atoms with Crippen molar-refractivity contribution < 1.29 is 14.3 Å². The van der Waals surface area contributed by atoms with E-state index in [-0.39, 0.29) is 17.6 Å². The largest absolute Gasteiger partial charge is 0.481 e. The molecule has 8 heteroatoms. The summed E-state index contributed by atoms with van der Waals surface area (Å²) in [5, 5.41) is 9.38. The molecule has 1 unspecified atom stereocenters. The molecule has 0 saturated carbocycles. The molecule has 0 radical (unpaired) electrons. The summed E-state index contributed by atoms with van der Waals surface area (Å²) in [4.78, 5) is 19.7. The number of aromatic nitrogens is 3. The minimum Gasteiger partial charge on any atom is -0.481 e. The summed E-state index contributed by atoms with van der Waals surface area (Å²) in [7, 11) is 1.61. The van der Waals surface area contributed by atoms with Crippen molar-refractivity contribution in [2.45, 2.75) is 38.3 Å². The number of anilines is 1. The van der Waals surface area contributed by atoms with Crippen molar-refractivity contribution in [2.75, 3.05) is 38.3 Å². The quantitative estimate of drug-likeness (QED) is 0.659. The molecule has 1 spiro atoms. The van der Waals surface area contributed by atoms with Crippen molar-refractivity contribution in [3.05, 3.63) is 36.5 Å². The van der Waals surface area contributed by atoms with Gasteiger partial charge in [0.1, 0.15) is 5.69 Å². The molecule has 3 aromatic rings. The summed E-state index contributed by atoms with van der Waals surface area (Å²) in [6, 6.07) is 10.1. The van der Waals surface area contributed by atoms with Crippen LogP contribution < -0.4 is 15.0 Å². The lowest BCUT2D eigenvalue weighted by molar-refractivity contribution is -0.124. The highest BCUT2D eigenvalue weighted by molar-refractivity contribution is 6.03. The topological polar surface area (TPSA) is 81.5 Å². The van der Waals surface area contributed by atoms with Crippen molar-refractivity contribution in [1.82, 2.24) is 20.1 Å². The molecule has 3 aliphatic heterocycles. The van der Waals surface area contributed by atoms with Gasteiger partial charge in [-0.3, -0.25) is 4.79 Å². The zero-order valence-corrected chi connectivity index (χ0v) is 18.9. The molecule has 6 rings (SSSR count). The summed E-state index contributed by atoms with van der Waals surface area (Å²) in [6.45, 7) is 3.21. The van der Waals surface area contributed by atoms with Gasteiger partial charge in [0.2, 0.25) is 11.8 Å². The molecule has 5 heterocycles. The van der Waals surface area contributed by atoms with Gasteiger partial charge < -0.3 is 19.7 Å². The molecule has 0 bridgehead atoms. The van der Waals surface area contributed by atoms with E-state index in [9.17, 15) is 4.79 Å². The minimum absolute atomic E-state index is 0.0756. The third-order valence-corrected chi connectivity index (χ3v) is 7.41. The van der Waals surface area contributed by atoms with Crippen molar-refractivity contribution in [3.63, 3.8) is 0 Å². The van der Waals surface area contributed by atoms with E-state index in [2.05, 4.69) is 28.5 Å². The molecule has 33 heavy (non-hydrogen) atoms. The zero-order valence-electron chi connectivity index (χ0n) is 18.9. The van der Waals surface area contributed by atoms with E-state index >= 15 is 0 Å². The molecule has 1 N–H and O–H groups in total. The molecule has 1 amide bonds. The number of fused-ring (bicyclic) bond motifs is 1. The molecule has 2 atom stereocenters. The van der Waals surface area contributed by atoms with Gasteiger partial charge in [-0.2, -0.15) is 5.10 Å². The van der Waals surface area contributed by atoms with Crippen molar-refractivity contribution >= 4 is 22.5 Å². The van der Waals surface area contributed by atoms with Gasteiger partial charge in [-0.1, -0.05) is 0 Å². The minimum atomic E-state index is -0.238. The van der Waals surface area contributed by atoms with Gasteiger partial charge in [-0.25, -0.2) is 9.67 Å². The Hall–Kier alpha value is -2.97. The first-order chi connectivity index (χ1) is 16.2. The third kappa shape index (κ3) is 3.40. The summed E-state index contributed by atoms with van der Waals surface area (Å²) < 4.78 is 13.3. The van der Waals surface area contributed by atoms with E-state index in [4.69, 9.17) is 14.6 Å². The van der Waals surface area contributed by atoms with E-state index in [0.717, 1.165) is 86.2 Å². The van der Waals surface area contributed by atoms with Gasteiger partial charge in [0.25, 0.3) is 0 Å². The first-order valence-corrected chi connectivity index (χ1v) is 11.9. The summed E-state index contributed by atoms with van der Waals surface area (Å²) in [6.07, 6.45) is 6.70. The first kappa shape index (κ1) is 20.6. The number of benzene rings is 1. The van der Waals surface area contributed by atoms with Crippen molar-refractivity contribution in [3.8, 4) is 17.1 Å². The number of carbonyl (C=O) groups is 1. The number of carbonyl (C=O) groups excluding carboxylic acids is 1. The highest BCUT2D eigenvalue weighted by Gasteiger charge is 2.48. The predicted molar refractivity (Wildman–Crippen MR) is 125 cm³/mol. The van der Waals surface area contributed by atoms with Crippen LogP contribution in [-0.4, -0.2) is 54.0 Å². The van der Waals surface area contributed by atoms with E-state index in [0.29, 0.717) is 5.88 Å². The SMILES string of the molecule is COc1ccc(-c2nn(C3CCCCO3)c3ccc(N4CC[C@]5(CCNC5)C4=O)cc23)cn1. The second kappa shape index (κ2) is 8.11. The van der Waals surface area contributed by atoms with Crippen LogP contribution in [0.5, 0.6) is 5.88 Å². The molecule has 8 nitrogen and oxygen atoms in total. The predicted octanol–water partition coefficient (Wildman–Crippen LogP) is 3.52. The molecule has 3 saturated heterocycles. The second-order valence-corrected chi connectivity index (χ2v) is 9.32. The Bertz CT molecular complexity index is 1180. The van der Waals surface area contributed by atoms with Gasteiger partial charge in [0.05, 0.1) is 18.0 Å². The number of hydrogen-bond acceptors (Lipinski definition) is 6. The van der Waals surface area contributed by atoms with Crippen LogP contribution in [0.25, 0.3) is 22.2 Å². The lowest BCUT2D eigenvalue weighted by Crippen LogP contribution is -2.36. The van der Waals surface area contributed by atoms with Gasteiger partial charge in [-0.15, -0.1) is 0 Å². The number of pyridine rings is 1. The third-order valence-electron chi connectivity index (χ3n) is 7.41. The van der Waals surface area contributed by atoms with Gasteiger partial charge in [-0.05, 0) is 62.9 Å². The van der Waals surface area contributed by atoms with Gasteiger partial charge in [0, 0.05) is 48.6 Å². The lowest BCUT2D eigenvalue weighted by atomic mass is 9.86. The number of nitrogens with zero attached hydrogens (tertiary/aromatic N) is 4. The van der Waals surface area contributed by atoms with Crippen LogP contribution in [0.2, 0.25) is 0 Å². The molecular weight excluding hydrogens is 418 g/mol. The molecule has 3 aliphatic rings. The highest BCUT2D eigenvalue weighted by Crippen LogP contribution is 2.41. The normalized spacial score (nSPS) is 25.4. The number of ether oxygens (including phenoxy) is 2. The van der Waals surface area contributed by atoms with E-state index < -0.39 is 0 Å². The Labute approximate surface area is 192 Å². The van der Waals surface area contributed by atoms with Crippen LogP contribution in [-0.2, 0) is 9.53 Å². The average molecular weight is 448 g/mol. The smallest absolute Gasteiger partial charge is 0.234 e. The fourth-order valence-electron chi connectivity index (χ4n) is 5.49. The van der Waals surface area contributed by atoms with Crippen LogP contribution in [0.4, 0.5) is 5.69 Å². The van der Waals surface area contributed by atoms with Crippen molar-refractivity contribution in [1.29, 1.82) is 0 Å². The lowest BCUT2D eigenvalue weighted by Gasteiger charge is -2.24. The fourth-order valence-corrected chi connectivity index (χ4v) is 5.49. The average Bonchev–Trinajstić information content (AvgIpc) is 3.58. The maximum atomic E-state index is 13.4. The molecule has 2 aromatic heterocycles. The molecule has 1 aromatic carbocycles. The maximum absolute atomic E-state index is 13.4. The molecule has 3 fully saturated rings. The summed E-state index contributed by atoms with van der Waals surface area (Å²) >= 11 is 0. The zero-order chi connectivity index (χ0) is 22.4. The number of amides is 1. The number of methoxy groups -OCH3 is 1. The van der Waals surface area contributed by atoms with Crippen LogP contribution in [0.1, 0.15) is 38.3 Å². The van der Waals surface area contributed by atoms with Crippen LogP contribution in [0, 0.1) is 5.41 Å². The number of nitrogens with one attached hydrogen (secondary N) is 1. The summed E-state index contributed by atoms with van der Waals surface area (Å²) in [5.74, 6) is 0.805. The van der Waals surface area contributed by atoms with E-state index in [1.54, 1.807) is 13.3 Å². The second-order valence-electron chi connectivity index (χ2n) is 9.32. The maximum Gasteiger partial charge on any atom is 0.234 e. The van der Waals surface area contributed by atoms with Crippen LogP contribution in [0.3, 0.4) is 0 Å². The Morgan fingerprint density at radius 2 is 2.15 bits per heavy atom. The van der Waals surface area contributed by atoms with E-state index in [1.807, 2.05) is 21.7 Å². The first-order valence-electron chi connectivity index (χ1n) is 11.9. The summed E-state index contributed by atoms with van der Waals surface area (Å²) in [5.41, 5.74) is 3.47. The Kier molecular flexibility index (Phi) is 5.07. The molecule has 0 aliphatic carbocycles. The fraction of sp³-hybridized carbons (Fsp3) is 0.480. The van der Waals surface area contributed by atoms with Crippen LogP contribution >= 0.6 is 0 Å². The monoisotopic (exact) mass is 447 g/mol. The van der Waals surface area contributed by atoms with Crippen LogP contribution in [0.15, 0.2) is 36.5 Å². The molecule has 172 valence electrons. The van der Waals surface area contributed by atoms with Gasteiger partial charge in [0.15, 0.2) is 6.23 Å². The van der Waals surface area contributed by atoms with E-state index in [1.165, 1.54) is 0 Å². The number of hydrogen-bond donors (Lipinski definition) is 1. The Morgan fingerprint density at radius 1 is 1.21 bits per heavy atom. The standard InChI is InChI=1S/C25H29N5O3/c1-32-21-8-5-17(15-27-21)23-19-14-18(29-12-10-25(24(29)31)9-11-26-16-25)6-7-20(19)30(28-23)22-4-2-3-13-33-22/h5-8,14-15,22,26H,2-4,9-13,16H2,1H3/t22?,25-/m0/s1. The molecular formula is C25H29N5O3. The highest BCUT2D eigenvalue weighted by atomic mass is 16.5.